The van der Waals surface area contributed by atoms with E-state index in [1.807, 2.05) is 54.6 Å². The number of carbonyl (C=O) groups is 1. The van der Waals surface area contributed by atoms with Crippen LogP contribution in [0, 0.1) is 0 Å². The first-order valence-corrected chi connectivity index (χ1v) is 8.31. The summed E-state index contributed by atoms with van der Waals surface area (Å²) >= 11 is 0. The van der Waals surface area contributed by atoms with Gasteiger partial charge in [0.05, 0.1) is 13.0 Å². The van der Waals surface area contributed by atoms with Crippen molar-refractivity contribution in [2.75, 3.05) is 12.3 Å². The summed E-state index contributed by atoms with van der Waals surface area (Å²) in [6, 6.07) is 19.6. The van der Waals surface area contributed by atoms with Gasteiger partial charge in [0.25, 0.3) is 0 Å². The van der Waals surface area contributed by atoms with E-state index < -0.39 is 0 Å². The number of nitrogen functional groups attached to an aromatic ring is 1. The van der Waals surface area contributed by atoms with Crippen molar-refractivity contribution in [1.82, 2.24) is 0 Å². The van der Waals surface area contributed by atoms with Gasteiger partial charge in [-0.25, -0.2) is 0 Å². The fourth-order valence-electron chi connectivity index (χ4n) is 2.83. The number of benzene rings is 3. The van der Waals surface area contributed by atoms with Crippen LogP contribution in [0.2, 0.25) is 0 Å². The first-order valence-electron chi connectivity index (χ1n) is 8.31. The van der Waals surface area contributed by atoms with Gasteiger partial charge >= 0.3 is 5.97 Å². The average Bonchev–Trinajstić information content (AvgIpc) is 2.64. The molecule has 0 fully saturated rings. The molecule has 0 radical (unpaired) electrons. The minimum atomic E-state index is -0.280. The quantitative estimate of drug-likeness (QED) is 0.544. The molecule has 0 unspecified atom stereocenters. The van der Waals surface area contributed by atoms with E-state index in [1.165, 1.54) is 0 Å². The van der Waals surface area contributed by atoms with Crippen LogP contribution < -0.4 is 10.5 Å². The lowest BCUT2D eigenvalue weighted by atomic mass is 9.99. The summed E-state index contributed by atoms with van der Waals surface area (Å²) in [6.45, 7) is 2.61. The Morgan fingerprint density at radius 1 is 1.00 bits per heavy atom. The van der Waals surface area contributed by atoms with Crippen LogP contribution in [-0.2, 0) is 22.6 Å². The summed E-state index contributed by atoms with van der Waals surface area (Å²) < 4.78 is 11.1. The summed E-state index contributed by atoms with van der Waals surface area (Å²) in [5.41, 5.74) is 8.61. The van der Waals surface area contributed by atoms with E-state index in [4.69, 9.17) is 15.2 Å². The van der Waals surface area contributed by atoms with E-state index in [2.05, 4.69) is 0 Å². The second kappa shape index (κ2) is 7.71. The van der Waals surface area contributed by atoms with Crippen LogP contribution in [0.15, 0.2) is 60.7 Å². The Labute approximate surface area is 147 Å². The number of nitrogens with two attached hydrogens (primary N) is 1. The monoisotopic (exact) mass is 335 g/mol. The fraction of sp³-hybridized carbons (Fsp3) is 0.190. The molecule has 0 spiro atoms. The highest BCUT2D eigenvalue weighted by atomic mass is 16.5. The van der Waals surface area contributed by atoms with E-state index in [0.29, 0.717) is 24.7 Å². The number of esters is 1. The number of rotatable bonds is 6. The molecule has 25 heavy (non-hydrogen) atoms. The topological polar surface area (TPSA) is 61.5 Å². The van der Waals surface area contributed by atoms with Crippen LogP contribution in [-0.4, -0.2) is 12.6 Å². The summed E-state index contributed by atoms with van der Waals surface area (Å²) in [5.74, 6) is 0.432. The van der Waals surface area contributed by atoms with Crippen LogP contribution in [0.3, 0.4) is 0 Å². The maximum absolute atomic E-state index is 11.9. The molecule has 3 aromatic carbocycles. The highest BCUT2D eigenvalue weighted by Crippen LogP contribution is 2.34. The van der Waals surface area contributed by atoms with Crippen LogP contribution in [0.4, 0.5) is 5.69 Å². The van der Waals surface area contributed by atoms with E-state index in [1.54, 1.807) is 13.0 Å². The molecule has 0 saturated heterocycles. The highest BCUT2D eigenvalue weighted by Gasteiger charge is 2.15. The number of carbonyl (C=O) groups excluding carboxylic acids is 1. The number of hydrogen-bond donors (Lipinski definition) is 1. The van der Waals surface area contributed by atoms with Gasteiger partial charge < -0.3 is 15.2 Å². The minimum absolute atomic E-state index is 0.152. The van der Waals surface area contributed by atoms with E-state index in [-0.39, 0.29) is 12.4 Å². The lowest BCUT2D eigenvalue weighted by Crippen LogP contribution is -2.10. The van der Waals surface area contributed by atoms with Crippen molar-refractivity contribution >= 4 is 22.4 Å². The molecule has 0 amide bonds. The van der Waals surface area contributed by atoms with E-state index >= 15 is 0 Å². The number of hydrogen-bond acceptors (Lipinski definition) is 4. The third-order valence-corrected chi connectivity index (χ3v) is 4.02. The first-order chi connectivity index (χ1) is 12.2. The zero-order valence-electron chi connectivity index (χ0n) is 14.2. The van der Waals surface area contributed by atoms with Gasteiger partial charge in [0.15, 0.2) is 0 Å². The first kappa shape index (κ1) is 16.8. The summed E-state index contributed by atoms with van der Waals surface area (Å²) in [6.07, 6.45) is 0.152. The van der Waals surface area contributed by atoms with Crippen LogP contribution >= 0.6 is 0 Å². The lowest BCUT2D eigenvalue weighted by Gasteiger charge is -2.15. The minimum Gasteiger partial charge on any atom is -0.488 e. The van der Waals surface area contributed by atoms with Crippen molar-refractivity contribution < 1.29 is 14.3 Å². The molecule has 4 nitrogen and oxygen atoms in total. The van der Waals surface area contributed by atoms with Gasteiger partial charge in [0, 0.05) is 17.1 Å². The van der Waals surface area contributed by atoms with Gasteiger partial charge in [-0.3, -0.25) is 4.79 Å². The Balaban J connectivity index is 1.94. The van der Waals surface area contributed by atoms with Gasteiger partial charge in [-0.05, 0) is 23.4 Å². The van der Waals surface area contributed by atoms with Crippen molar-refractivity contribution in [1.29, 1.82) is 0 Å². The SMILES string of the molecule is CCOC(=O)Cc1c(N)cc(OCc2ccccc2)c2ccccc12. The molecule has 0 heterocycles. The molecule has 0 aliphatic rings. The Morgan fingerprint density at radius 2 is 1.68 bits per heavy atom. The normalized spacial score (nSPS) is 10.6. The maximum atomic E-state index is 11.9. The molecule has 0 bridgehead atoms. The molecular weight excluding hydrogens is 314 g/mol. The Hall–Kier alpha value is -3.01. The van der Waals surface area contributed by atoms with Crippen molar-refractivity contribution in [2.24, 2.45) is 0 Å². The molecule has 128 valence electrons. The standard InChI is InChI=1S/C21H21NO3/c1-2-24-21(23)12-18-16-10-6-7-11-17(16)20(13-19(18)22)25-14-15-8-4-3-5-9-15/h3-11,13H,2,12,14,22H2,1H3. The summed E-state index contributed by atoms with van der Waals surface area (Å²) in [7, 11) is 0. The zero-order valence-corrected chi connectivity index (χ0v) is 14.2. The predicted molar refractivity (Wildman–Crippen MR) is 99.5 cm³/mol. The maximum Gasteiger partial charge on any atom is 0.310 e. The van der Waals surface area contributed by atoms with Gasteiger partial charge in [-0.2, -0.15) is 0 Å². The largest absolute Gasteiger partial charge is 0.488 e. The van der Waals surface area contributed by atoms with Gasteiger partial charge in [-0.1, -0.05) is 54.6 Å². The fourth-order valence-corrected chi connectivity index (χ4v) is 2.83. The van der Waals surface area contributed by atoms with E-state index in [0.717, 1.165) is 21.9 Å². The predicted octanol–water partition coefficient (Wildman–Crippen LogP) is 4.11. The highest BCUT2D eigenvalue weighted by molar-refractivity contribution is 5.97. The Kier molecular flexibility index (Phi) is 5.19. The number of ether oxygens (including phenoxy) is 2. The molecule has 0 aliphatic carbocycles. The molecule has 0 atom stereocenters. The molecular formula is C21H21NO3. The summed E-state index contributed by atoms with van der Waals surface area (Å²) in [4.78, 5) is 11.9. The molecule has 4 heteroatoms. The van der Waals surface area contributed by atoms with Gasteiger partial charge in [-0.15, -0.1) is 0 Å². The van der Waals surface area contributed by atoms with Crippen molar-refractivity contribution in [3.05, 3.63) is 71.8 Å². The molecule has 0 aromatic heterocycles. The second-order valence-corrected chi connectivity index (χ2v) is 5.74. The number of fused-ring (bicyclic) bond motifs is 1. The summed E-state index contributed by atoms with van der Waals surface area (Å²) in [5, 5.41) is 1.85. The third-order valence-electron chi connectivity index (χ3n) is 4.02. The Bertz CT molecular complexity index is 875. The second-order valence-electron chi connectivity index (χ2n) is 5.74. The average molecular weight is 335 g/mol. The third kappa shape index (κ3) is 3.91. The molecule has 3 aromatic rings. The number of anilines is 1. The lowest BCUT2D eigenvalue weighted by molar-refractivity contribution is -0.142. The smallest absolute Gasteiger partial charge is 0.310 e. The van der Waals surface area contributed by atoms with Gasteiger partial charge in [0.2, 0.25) is 0 Å². The van der Waals surface area contributed by atoms with Gasteiger partial charge in [0.1, 0.15) is 12.4 Å². The molecule has 0 aliphatic heterocycles. The molecule has 2 N–H and O–H groups in total. The van der Waals surface area contributed by atoms with Crippen molar-refractivity contribution in [3.63, 3.8) is 0 Å². The van der Waals surface area contributed by atoms with Crippen molar-refractivity contribution in [3.8, 4) is 5.75 Å². The van der Waals surface area contributed by atoms with Crippen molar-refractivity contribution in [2.45, 2.75) is 20.0 Å². The zero-order chi connectivity index (χ0) is 17.6. The molecule has 0 saturated carbocycles. The Morgan fingerprint density at radius 3 is 2.40 bits per heavy atom. The van der Waals surface area contributed by atoms with Crippen LogP contribution in [0.25, 0.3) is 10.8 Å². The van der Waals surface area contributed by atoms with E-state index in [9.17, 15) is 4.79 Å². The van der Waals surface area contributed by atoms with Crippen LogP contribution in [0.5, 0.6) is 5.75 Å². The van der Waals surface area contributed by atoms with Crippen LogP contribution in [0.1, 0.15) is 18.1 Å². The molecule has 3 rings (SSSR count).